The molecule has 0 bridgehead atoms. The summed E-state index contributed by atoms with van der Waals surface area (Å²) in [4.78, 5) is 25.5. The van der Waals surface area contributed by atoms with Crippen molar-refractivity contribution in [3.05, 3.63) is 42.5 Å². The van der Waals surface area contributed by atoms with E-state index in [4.69, 9.17) is 0 Å². The third kappa shape index (κ3) is 4.79. The highest BCUT2D eigenvalue weighted by molar-refractivity contribution is 6.02. The molecule has 0 radical (unpaired) electrons. The number of carbonyl (C=O) groups is 2. The zero-order valence-corrected chi connectivity index (χ0v) is 13.6. The number of nitrogens with zero attached hydrogens (tertiary/aromatic N) is 1. The van der Waals surface area contributed by atoms with E-state index in [1.165, 1.54) is 0 Å². The Morgan fingerprint density at radius 1 is 1.04 bits per heavy atom. The fourth-order valence-electron chi connectivity index (χ4n) is 2.44. The molecule has 0 spiro atoms. The quantitative estimate of drug-likeness (QED) is 0.824. The first-order valence-electron chi connectivity index (χ1n) is 7.84. The third-order valence-electron chi connectivity index (χ3n) is 3.81. The van der Waals surface area contributed by atoms with Crippen molar-refractivity contribution < 1.29 is 9.59 Å². The van der Waals surface area contributed by atoms with Crippen LogP contribution in [0.25, 0.3) is 10.8 Å². The second-order valence-corrected chi connectivity index (χ2v) is 5.37. The Morgan fingerprint density at radius 3 is 2.52 bits per heavy atom. The highest BCUT2D eigenvalue weighted by Crippen LogP contribution is 2.22. The first-order valence-corrected chi connectivity index (χ1v) is 7.84. The van der Waals surface area contributed by atoms with Crippen LogP contribution in [-0.4, -0.2) is 43.4 Å². The summed E-state index contributed by atoms with van der Waals surface area (Å²) in [6.07, 6.45) is 0.355. The fraction of sp³-hybridized carbons (Fsp3) is 0.333. The van der Waals surface area contributed by atoms with Crippen LogP contribution in [0, 0.1) is 0 Å². The highest BCUT2D eigenvalue weighted by atomic mass is 16.2. The molecule has 0 heterocycles. The van der Waals surface area contributed by atoms with Crippen LogP contribution in [0.2, 0.25) is 0 Å². The topological polar surface area (TPSA) is 61.4 Å². The summed E-state index contributed by atoms with van der Waals surface area (Å²) in [5, 5.41) is 7.69. The van der Waals surface area contributed by atoms with Gasteiger partial charge in [0.15, 0.2) is 0 Å². The highest BCUT2D eigenvalue weighted by Gasteiger charge is 2.11. The van der Waals surface area contributed by atoms with Crippen LogP contribution in [0.5, 0.6) is 0 Å². The van der Waals surface area contributed by atoms with E-state index in [0.717, 1.165) is 23.0 Å². The maximum atomic E-state index is 12.2. The van der Waals surface area contributed by atoms with Crippen molar-refractivity contribution in [2.75, 3.05) is 32.0 Å². The van der Waals surface area contributed by atoms with Gasteiger partial charge in [-0.25, -0.2) is 0 Å². The number of rotatable bonds is 7. The van der Waals surface area contributed by atoms with E-state index in [-0.39, 0.29) is 11.8 Å². The van der Waals surface area contributed by atoms with Gasteiger partial charge in [-0.3, -0.25) is 14.5 Å². The number of carbonyl (C=O) groups excluding carboxylic acids is 2. The van der Waals surface area contributed by atoms with E-state index in [1.807, 2.05) is 54.3 Å². The van der Waals surface area contributed by atoms with E-state index >= 15 is 0 Å². The third-order valence-corrected chi connectivity index (χ3v) is 3.81. The first-order chi connectivity index (χ1) is 11.1. The molecule has 5 nitrogen and oxygen atoms in total. The van der Waals surface area contributed by atoms with Crippen molar-refractivity contribution in [2.24, 2.45) is 0 Å². The van der Waals surface area contributed by atoms with Gasteiger partial charge >= 0.3 is 0 Å². The normalized spacial score (nSPS) is 10.7. The molecule has 0 unspecified atom stereocenters. The lowest BCUT2D eigenvalue weighted by atomic mass is 10.1. The number of anilines is 1. The summed E-state index contributed by atoms with van der Waals surface area (Å²) in [7, 11) is 1.61. The molecule has 0 aliphatic heterocycles. The number of likely N-dealkylation sites (N-methyl/N-ethyl adjacent to an activating group) is 2. The first kappa shape index (κ1) is 17.0. The van der Waals surface area contributed by atoms with E-state index in [2.05, 4.69) is 10.6 Å². The molecule has 5 heteroatoms. The number of hydrogen-bond acceptors (Lipinski definition) is 3. The SMILES string of the molecule is CCN(CCC(=O)Nc1cccc2ccccc12)CC(=O)NC. The molecule has 0 aromatic heterocycles. The smallest absolute Gasteiger partial charge is 0.233 e. The molecule has 2 aromatic carbocycles. The van der Waals surface area contributed by atoms with Crippen LogP contribution in [0.1, 0.15) is 13.3 Å². The summed E-state index contributed by atoms with van der Waals surface area (Å²) in [5.74, 6) is -0.0852. The van der Waals surface area contributed by atoms with E-state index < -0.39 is 0 Å². The monoisotopic (exact) mass is 313 g/mol. The summed E-state index contributed by atoms with van der Waals surface area (Å²) in [6.45, 7) is 3.58. The van der Waals surface area contributed by atoms with Crippen LogP contribution in [0.3, 0.4) is 0 Å². The molecule has 2 amide bonds. The molecule has 2 N–H and O–H groups in total. The van der Waals surface area contributed by atoms with Crippen molar-refractivity contribution in [2.45, 2.75) is 13.3 Å². The van der Waals surface area contributed by atoms with Crippen molar-refractivity contribution in [3.63, 3.8) is 0 Å². The van der Waals surface area contributed by atoms with Crippen LogP contribution in [0.15, 0.2) is 42.5 Å². The van der Waals surface area contributed by atoms with Crippen LogP contribution >= 0.6 is 0 Å². The van der Waals surface area contributed by atoms with E-state index in [9.17, 15) is 9.59 Å². The minimum Gasteiger partial charge on any atom is -0.358 e. The number of fused-ring (bicyclic) bond motifs is 1. The van der Waals surface area contributed by atoms with Crippen LogP contribution in [0.4, 0.5) is 5.69 Å². The number of hydrogen-bond donors (Lipinski definition) is 2. The molecule has 0 saturated heterocycles. The van der Waals surface area contributed by atoms with Crippen molar-refractivity contribution in [1.82, 2.24) is 10.2 Å². The van der Waals surface area contributed by atoms with Gasteiger partial charge in [-0.1, -0.05) is 43.3 Å². The Hall–Kier alpha value is -2.40. The summed E-state index contributed by atoms with van der Waals surface area (Å²) in [6, 6.07) is 13.8. The molecule has 0 aliphatic rings. The Kier molecular flexibility index (Phi) is 6.11. The Bertz CT molecular complexity index is 680. The van der Waals surface area contributed by atoms with Gasteiger partial charge in [0.1, 0.15) is 0 Å². The average Bonchev–Trinajstić information content (AvgIpc) is 2.58. The molecule has 23 heavy (non-hydrogen) atoms. The van der Waals surface area contributed by atoms with Gasteiger partial charge in [-0.05, 0) is 18.0 Å². The lowest BCUT2D eigenvalue weighted by molar-refractivity contribution is -0.122. The molecule has 0 fully saturated rings. The predicted octanol–water partition coefficient (Wildman–Crippen LogP) is 2.24. The molecular weight excluding hydrogens is 290 g/mol. The minimum absolute atomic E-state index is 0.0405. The van der Waals surface area contributed by atoms with Crippen molar-refractivity contribution in [3.8, 4) is 0 Å². The minimum atomic E-state index is -0.0447. The fourth-order valence-corrected chi connectivity index (χ4v) is 2.44. The predicted molar refractivity (Wildman–Crippen MR) is 93.4 cm³/mol. The van der Waals surface area contributed by atoms with Gasteiger partial charge < -0.3 is 10.6 Å². The molecular formula is C18H23N3O2. The van der Waals surface area contributed by atoms with E-state index in [1.54, 1.807) is 7.05 Å². The lowest BCUT2D eigenvalue weighted by Gasteiger charge is -2.19. The number of nitrogens with one attached hydrogen (secondary N) is 2. The molecule has 0 aliphatic carbocycles. The molecule has 0 atom stereocenters. The standard InChI is InChI=1S/C18H23N3O2/c1-3-21(13-18(23)19-2)12-11-17(22)20-16-10-6-8-14-7-4-5-9-15(14)16/h4-10H,3,11-13H2,1-2H3,(H,19,23)(H,20,22). The van der Waals surface area contributed by atoms with Gasteiger partial charge in [-0.2, -0.15) is 0 Å². The average molecular weight is 313 g/mol. The largest absolute Gasteiger partial charge is 0.358 e. The lowest BCUT2D eigenvalue weighted by Crippen LogP contribution is -2.37. The Balaban J connectivity index is 1.95. The van der Waals surface area contributed by atoms with Crippen LogP contribution < -0.4 is 10.6 Å². The van der Waals surface area contributed by atoms with E-state index in [0.29, 0.717) is 19.5 Å². The molecule has 2 rings (SSSR count). The summed E-state index contributed by atoms with van der Waals surface area (Å²) < 4.78 is 0. The van der Waals surface area contributed by atoms with Crippen LogP contribution in [-0.2, 0) is 9.59 Å². The number of amides is 2. The Morgan fingerprint density at radius 2 is 1.78 bits per heavy atom. The molecule has 122 valence electrons. The van der Waals surface area contributed by atoms with Gasteiger partial charge in [-0.15, -0.1) is 0 Å². The molecule has 2 aromatic rings. The maximum Gasteiger partial charge on any atom is 0.233 e. The maximum absolute atomic E-state index is 12.2. The summed E-state index contributed by atoms with van der Waals surface area (Å²) in [5.41, 5.74) is 0.822. The second kappa shape index (κ2) is 8.29. The van der Waals surface area contributed by atoms with Gasteiger partial charge in [0.2, 0.25) is 11.8 Å². The van der Waals surface area contributed by atoms with Gasteiger partial charge in [0.25, 0.3) is 0 Å². The van der Waals surface area contributed by atoms with Crippen molar-refractivity contribution >= 4 is 28.3 Å². The van der Waals surface area contributed by atoms with Crippen molar-refractivity contribution in [1.29, 1.82) is 0 Å². The van der Waals surface area contributed by atoms with Gasteiger partial charge in [0, 0.05) is 31.1 Å². The Labute approximate surface area is 136 Å². The molecule has 0 saturated carbocycles. The number of benzene rings is 2. The second-order valence-electron chi connectivity index (χ2n) is 5.37. The summed E-state index contributed by atoms with van der Waals surface area (Å²) >= 11 is 0. The zero-order chi connectivity index (χ0) is 16.7. The zero-order valence-electron chi connectivity index (χ0n) is 13.6. The van der Waals surface area contributed by atoms with Gasteiger partial charge in [0.05, 0.1) is 6.54 Å².